The third kappa shape index (κ3) is 4.70. The molecule has 1 aromatic heterocycles. The second-order valence-corrected chi connectivity index (χ2v) is 5.14. The molecule has 102 valence electrons. The van der Waals surface area contributed by atoms with E-state index >= 15 is 0 Å². The Hall–Kier alpha value is -1.63. The Morgan fingerprint density at radius 3 is 2.67 bits per heavy atom. The van der Waals surface area contributed by atoms with Crippen molar-refractivity contribution in [3.05, 3.63) is 5.89 Å². The topological polar surface area (TPSA) is 106 Å². The van der Waals surface area contributed by atoms with E-state index in [0.29, 0.717) is 18.9 Å². The van der Waals surface area contributed by atoms with Crippen LogP contribution in [0.15, 0.2) is 4.42 Å². The zero-order valence-corrected chi connectivity index (χ0v) is 11.3. The van der Waals surface area contributed by atoms with Crippen LogP contribution in [-0.2, 0) is 11.2 Å². The zero-order valence-electron chi connectivity index (χ0n) is 11.3. The second kappa shape index (κ2) is 5.81. The number of rotatable bonds is 5. The van der Waals surface area contributed by atoms with E-state index in [-0.39, 0.29) is 17.5 Å². The molecule has 1 aromatic rings. The van der Waals surface area contributed by atoms with E-state index in [0.717, 1.165) is 0 Å². The molecule has 1 amide bonds. The minimum atomic E-state index is -0.449. The molecule has 1 atom stereocenters. The molecule has 0 aliphatic rings. The molecule has 1 heterocycles. The highest BCUT2D eigenvalue weighted by atomic mass is 16.4. The smallest absolute Gasteiger partial charge is 0.316 e. The zero-order chi connectivity index (χ0) is 13.8. The average molecular weight is 255 g/mol. The van der Waals surface area contributed by atoms with E-state index < -0.39 is 6.04 Å². The van der Waals surface area contributed by atoms with Gasteiger partial charge in [-0.1, -0.05) is 5.10 Å². The van der Waals surface area contributed by atoms with E-state index in [1.165, 1.54) is 0 Å². The van der Waals surface area contributed by atoms with Crippen LogP contribution in [0.5, 0.6) is 0 Å². The number of nitrogens with zero attached hydrogens (tertiary/aromatic N) is 2. The Kier molecular flexibility index (Phi) is 4.66. The molecule has 0 bridgehead atoms. The average Bonchev–Trinajstić information content (AvgIpc) is 2.63. The number of hydrogen-bond donors (Lipinski definition) is 3. The summed E-state index contributed by atoms with van der Waals surface area (Å²) in [5, 5.41) is 13.3. The highest BCUT2D eigenvalue weighted by molar-refractivity contribution is 5.84. The first-order valence-corrected chi connectivity index (χ1v) is 5.93. The minimum absolute atomic E-state index is 0.124. The van der Waals surface area contributed by atoms with Crippen molar-refractivity contribution in [3.8, 4) is 0 Å². The van der Waals surface area contributed by atoms with E-state index in [2.05, 4.69) is 20.8 Å². The summed E-state index contributed by atoms with van der Waals surface area (Å²) < 4.78 is 5.28. The van der Waals surface area contributed by atoms with Gasteiger partial charge >= 0.3 is 6.01 Å². The summed E-state index contributed by atoms with van der Waals surface area (Å²) in [5.41, 5.74) is 5.11. The molecular formula is C11H21N5O2. The van der Waals surface area contributed by atoms with Crippen molar-refractivity contribution in [1.29, 1.82) is 0 Å². The van der Waals surface area contributed by atoms with Crippen LogP contribution in [0, 0.1) is 0 Å². The van der Waals surface area contributed by atoms with Crippen LogP contribution in [0.1, 0.15) is 33.6 Å². The molecule has 0 aliphatic heterocycles. The lowest BCUT2D eigenvalue weighted by Crippen LogP contribution is -2.47. The van der Waals surface area contributed by atoms with Crippen molar-refractivity contribution < 1.29 is 9.21 Å². The van der Waals surface area contributed by atoms with Crippen molar-refractivity contribution in [1.82, 2.24) is 15.5 Å². The van der Waals surface area contributed by atoms with Crippen LogP contribution in [0.25, 0.3) is 0 Å². The molecule has 4 N–H and O–H groups in total. The second-order valence-electron chi connectivity index (χ2n) is 5.14. The number of aromatic nitrogens is 2. The first kappa shape index (κ1) is 14.4. The summed E-state index contributed by atoms with van der Waals surface area (Å²) in [5.74, 6) is 0.338. The lowest BCUT2D eigenvalue weighted by atomic mass is 10.1. The van der Waals surface area contributed by atoms with Crippen LogP contribution in [0.2, 0.25) is 0 Å². The molecular weight excluding hydrogens is 234 g/mol. The molecule has 0 spiro atoms. The molecule has 0 aromatic carbocycles. The predicted octanol–water partition coefficient (Wildman–Crippen LogP) is 0.286. The maximum absolute atomic E-state index is 11.8. The lowest BCUT2D eigenvalue weighted by Gasteiger charge is -2.23. The van der Waals surface area contributed by atoms with Crippen LogP contribution in [0.3, 0.4) is 0 Å². The number of hydrogen-bond acceptors (Lipinski definition) is 6. The minimum Gasteiger partial charge on any atom is -0.408 e. The van der Waals surface area contributed by atoms with Gasteiger partial charge in [-0.05, 0) is 27.7 Å². The SMILES string of the molecule is CC(Nc1nnc(CCN)o1)C(=O)NC(C)(C)C. The van der Waals surface area contributed by atoms with Crippen LogP contribution >= 0.6 is 0 Å². The van der Waals surface area contributed by atoms with Gasteiger partial charge in [-0.15, -0.1) is 5.10 Å². The molecule has 0 radical (unpaired) electrons. The monoisotopic (exact) mass is 255 g/mol. The highest BCUT2D eigenvalue weighted by Gasteiger charge is 2.20. The predicted molar refractivity (Wildman–Crippen MR) is 68.0 cm³/mol. The Labute approximate surface area is 107 Å². The standard InChI is InChI=1S/C11H21N5O2/c1-7(9(17)14-11(2,3)4)13-10-16-15-8(18-10)5-6-12/h7H,5-6,12H2,1-4H3,(H,13,16)(H,14,17). The van der Waals surface area contributed by atoms with E-state index in [1.54, 1.807) is 6.92 Å². The van der Waals surface area contributed by atoms with E-state index in [4.69, 9.17) is 10.2 Å². The number of nitrogens with one attached hydrogen (secondary N) is 2. The van der Waals surface area contributed by atoms with Gasteiger partial charge in [0.1, 0.15) is 6.04 Å². The first-order chi connectivity index (χ1) is 8.31. The maximum atomic E-state index is 11.8. The Morgan fingerprint density at radius 2 is 2.11 bits per heavy atom. The third-order valence-electron chi connectivity index (χ3n) is 2.06. The summed E-state index contributed by atoms with van der Waals surface area (Å²) in [7, 11) is 0. The lowest BCUT2D eigenvalue weighted by molar-refractivity contribution is -0.122. The quantitative estimate of drug-likeness (QED) is 0.698. The molecule has 0 aliphatic carbocycles. The van der Waals surface area contributed by atoms with Crippen molar-refractivity contribution in [3.63, 3.8) is 0 Å². The van der Waals surface area contributed by atoms with Gasteiger partial charge in [0.05, 0.1) is 0 Å². The Balaban J connectivity index is 2.52. The molecule has 7 heteroatoms. The van der Waals surface area contributed by atoms with Crippen molar-refractivity contribution in [2.45, 2.75) is 45.7 Å². The maximum Gasteiger partial charge on any atom is 0.316 e. The van der Waals surface area contributed by atoms with Gasteiger partial charge in [-0.25, -0.2) is 0 Å². The molecule has 0 fully saturated rings. The number of carbonyl (C=O) groups is 1. The highest BCUT2D eigenvalue weighted by Crippen LogP contribution is 2.08. The van der Waals surface area contributed by atoms with Crippen molar-refractivity contribution in [2.24, 2.45) is 5.73 Å². The fraction of sp³-hybridized carbons (Fsp3) is 0.727. The molecule has 0 saturated heterocycles. The van der Waals surface area contributed by atoms with Gasteiger partial charge in [-0.2, -0.15) is 0 Å². The number of carbonyl (C=O) groups excluding carboxylic acids is 1. The summed E-state index contributed by atoms with van der Waals surface area (Å²) >= 11 is 0. The van der Waals surface area contributed by atoms with Crippen molar-refractivity contribution >= 4 is 11.9 Å². The number of anilines is 1. The van der Waals surface area contributed by atoms with Crippen LogP contribution in [0.4, 0.5) is 6.01 Å². The van der Waals surface area contributed by atoms with E-state index in [9.17, 15) is 4.79 Å². The molecule has 1 rings (SSSR count). The first-order valence-electron chi connectivity index (χ1n) is 5.93. The molecule has 1 unspecified atom stereocenters. The molecule has 7 nitrogen and oxygen atoms in total. The summed E-state index contributed by atoms with van der Waals surface area (Å²) in [4.78, 5) is 11.8. The Bertz CT molecular complexity index is 396. The number of nitrogens with two attached hydrogens (primary N) is 1. The summed E-state index contributed by atoms with van der Waals surface area (Å²) in [6.07, 6.45) is 0.525. The van der Waals surface area contributed by atoms with Gasteiger partial charge in [0.2, 0.25) is 11.8 Å². The van der Waals surface area contributed by atoms with Crippen LogP contribution in [-0.4, -0.2) is 34.2 Å². The summed E-state index contributed by atoms with van der Waals surface area (Å²) in [6.45, 7) is 7.94. The largest absolute Gasteiger partial charge is 0.408 e. The number of amides is 1. The Morgan fingerprint density at radius 1 is 1.44 bits per heavy atom. The van der Waals surface area contributed by atoms with Gasteiger partial charge in [-0.3, -0.25) is 4.79 Å². The van der Waals surface area contributed by atoms with Gasteiger partial charge in [0.15, 0.2) is 0 Å². The van der Waals surface area contributed by atoms with Gasteiger partial charge in [0.25, 0.3) is 0 Å². The van der Waals surface area contributed by atoms with Gasteiger partial charge < -0.3 is 20.8 Å². The fourth-order valence-electron chi connectivity index (χ4n) is 1.27. The molecule has 18 heavy (non-hydrogen) atoms. The third-order valence-corrected chi connectivity index (χ3v) is 2.06. The van der Waals surface area contributed by atoms with E-state index in [1.807, 2.05) is 20.8 Å². The van der Waals surface area contributed by atoms with Gasteiger partial charge in [0, 0.05) is 18.5 Å². The normalized spacial score (nSPS) is 13.2. The summed E-state index contributed by atoms with van der Waals surface area (Å²) in [6, 6.07) is -0.217. The fourth-order valence-corrected chi connectivity index (χ4v) is 1.27. The van der Waals surface area contributed by atoms with Crippen LogP contribution < -0.4 is 16.4 Å². The van der Waals surface area contributed by atoms with Crippen molar-refractivity contribution in [2.75, 3.05) is 11.9 Å². The molecule has 0 saturated carbocycles.